The predicted molar refractivity (Wildman–Crippen MR) is 76.2 cm³/mol. The molecule has 0 aliphatic carbocycles. The molecule has 1 atom stereocenters. The lowest BCUT2D eigenvalue weighted by Crippen LogP contribution is -2.43. The SMILES string of the molecule is CCOC(=O)C1CCCN(S(=O)(=O)c2c(C)n[nH]c2C)C1. The quantitative estimate of drug-likeness (QED) is 0.837. The Morgan fingerprint density at radius 2 is 2.19 bits per heavy atom. The van der Waals surface area contributed by atoms with Crippen molar-refractivity contribution < 1.29 is 17.9 Å². The van der Waals surface area contributed by atoms with Crippen LogP contribution in [0.15, 0.2) is 4.90 Å². The molecule has 1 aliphatic rings. The van der Waals surface area contributed by atoms with E-state index < -0.39 is 10.0 Å². The zero-order valence-corrected chi connectivity index (χ0v) is 13.4. The number of nitrogens with zero attached hydrogens (tertiary/aromatic N) is 2. The van der Waals surface area contributed by atoms with Gasteiger partial charge < -0.3 is 4.74 Å². The molecular weight excluding hydrogens is 294 g/mol. The molecule has 0 radical (unpaired) electrons. The van der Waals surface area contributed by atoms with E-state index in [9.17, 15) is 13.2 Å². The number of ether oxygens (including phenoxy) is 1. The number of esters is 1. The number of hydrogen-bond acceptors (Lipinski definition) is 5. The molecule has 0 bridgehead atoms. The average Bonchev–Trinajstić information content (AvgIpc) is 2.79. The van der Waals surface area contributed by atoms with Gasteiger partial charge in [-0.2, -0.15) is 9.40 Å². The molecule has 2 rings (SSSR count). The molecule has 1 fully saturated rings. The van der Waals surface area contributed by atoms with Gasteiger partial charge in [-0.15, -0.1) is 0 Å². The van der Waals surface area contributed by atoms with Crippen LogP contribution >= 0.6 is 0 Å². The maximum atomic E-state index is 12.7. The van der Waals surface area contributed by atoms with Crippen LogP contribution in [0.4, 0.5) is 0 Å². The lowest BCUT2D eigenvalue weighted by molar-refractivity contribution is -0.149. The molecule has 0 saturated carbocycles. The van der Waals surface area contributed by atoms with Gasteiger partial charge in [0.25, 0.3) is 0 Å². The van der Waals surface area contributed by atoms with Crippen molar-refractivity contribution in [2.24, 2.45) is 5.92 Å². The number of aryl methyl sites for hydroxylation is 2. The van der Waals surface area contributed by atoms with Crippen molar-refractivity contribution in [1.29, 1.82) is 0 Å². The second-order valence-electron chi connectivity index (χ2n) is 5.22. The number of piperidine rings is 1. The monoisotopic (exact) mass is 315 g/mol. The fourth-order valence-corrected chi connectivity index (χ4v) is 4.52. The van der Waals surface area contributed by atoms with Gasteiger partial charge in [0.05, 0.1) is 23.9 Å². The lowest BCUT2D eigenvalue weighted by atomic mass is 10.0. The molecule has 2 heterocycles. The second-order valence-corrected chi connectivity index (χ2v) is 7.09. The molecule has 1 unspecified atom stereocenters. The first kappa shape index (κ1) is 16.0. The van der Waals surface area contributed by atoms with E-state index in [-0.39, 0.29) is 23.3 Å². The molecule has 118 valence electrons. The second kappa shape index (κ2) is 6.15. The molecule has 7 nitrogen and oxygen atoms in total. The Morgan fingerprint density at radius 3 is 2.76 bits per heavy atom. The third-order valence-electron chi connectivity index (χ3n) is 3.66. The molecule has 1 N–H and O–H groups in total. The van der Waals surface area contributed by atoms with E-state index in [4.69, 9.17) is 4.74 Å². The molecule has 1 aromatic rings. The minimum atomic E-state index is -3.63. The van der Waals surface area contributed by atoms with Crippen LogP contribution in [0.1, 0.15) is 31.2 Å². The van der Waals surface area contributed by atoms with Gasteiger partial charge in [-0.1, -0.05) is 0 Å². The number of rotatable bonds is 4. The van der Waals surface area contributed by atoms with Crippen molar-refractivity contribution in [2.45, 2.75) is 38.5 Å². The van der Waals surface area contributed by atoms with Gasteiger partial charge in [0.15, 0.2) is 0 Å². The summed E-state index contributed by atoms with van der Waals surface area (Å²) in [6.45, 7) is 5.98. The van der Waals surface area contributed by atoms with Gasteiger partial charge in [0.2, 0.25) is 10.0 Å². The summed E-state index contributed by atoms with van der Waals surface area (Å²) in [6, 6.07) is 0. The number of nitrogens with one attached hydrogen (secondary N) is 1. The topological polar surface area (TPSA) is 92.4 Å². The highest BCUT2D eigenvalue weighted by Crippen LogP contribution is 2.27. The number of sulfonamides is 1. The Morgan fingerprint density at radius 1 is 1.48 bits per heavy atom. The largest absolute Gasteiger partial charge is 0.466 e. The summed E-state index contributed by atoms with van der Waals surface area (Å²) in [7, 11) is -3.63. The highest BCUT2D eigenvalue weighted by molar-refractivity contribution is 7.89. The van der Waals surface area contributed by atoms with E-state index in [0.29, 0.717) is 37.4 Å². The Balaban J connectivity index is 2.23. The molecule has 0 amide bonds. The molecule has 1 aliphatic heterocycles. The van der Waals surface area contributed by atoms with E-state index in [0.717, 1.165) is 0 Å². The minimum absolute atomic E-state index is 0.172. The van der Waals surface area contributed by atoms with E-state index in [1.54, 1.807) is 20.8 Å². The number of hydrogen-bond donors (Lipinski definition) is 1. The number of carbonyl (C=O) groups is 1. The van der Waals surface area contributed by atoms with Gasteiger partial charge in [-0.25, -0.2) is 8.42 Å². The lowest BCUT2D eigenvalue weighted by Gasteiger charge is -2.30. The third-order valence-corrected chi connectivity index (χ3v) is 5.79. The highest BCUT2D eigenvalue weighted by atomic mass is 32.2. The Hall–Kier alpha value is -1.41. The van der Waals surface area contributed by atoms with Crippen molar-refractivity contribution in [1.82, 2.24) is 14.5 Å². The average molecular weight is 315 g/mol. The van der Waals surface area contributed by atoms with Crippen LogP contribution in [0.5, 0.6) is 0 Å². The van der Waals surface area contributed by atoms with Crippen LogP contribution in [0.2, 0.25) is 0 Å². The van der Waals surface area contributed by atoms with Gasteiger partial charge in [0.1, 0.15) is 4.90 Å². The summed E-state index contributed by atoms with van der Waals surface area (Å²) in [6.07, 6.45) is 1.31. The fraction of sp³-hybridized carbons (Fsp3) is 0.692. The Kier molecular flexibility index (Phi) is 4.67. The molecular formula is C13H21N3O4S. The minimum Gasteiger partial charge on any atom is -0.466 e. The van der Waals surface area contributed by atoms with Crippen LogP contribution in [0.3, 0.4) is 0 Å². The van der Waals surface area contributed by atoms with Gasteiger partial charge in [-0.05, 0) is 33.6 Å². The van der Waals surface area contributed by atoms with Crippen LogP contribution in [0.25, 0.3) is 0 Å². The van der Waals surface area contributed by atoms with Crippen molar-refractivity contribution in [3.63, 3.8) is 0 Å². The van der Waals surface area contributed by atoms with E-state index in [1.165, 1.54) is 4.31 Å². The number of aromatic nitrogens is 2. The van der Waals surface area contributed by atoms with E-state index in [2.05, 4.69) is 10.2 Å². The maximum Gasteiger partial charge on any atom is 0.310 e. The van der Waals surface area contributed by atoms with E-state index >= 15 is 0 Å². The van der Waals surface area contributed by atoms with E-state index in [1.807, 2.05) is 0 Å². The number of aromatic amines is 1. The molecule has 8 heteroatoms. The summed E-state index contributed by atoms with van der Waals surface area (Å²) in [5.74, 6) is -0.709. The molecule has 21 heavy (non-hydrogen) atoms. The van der Waals surface area contributed by atoms with Crippen LogP contribution in [-0.4, -0.2) is 48.6 Å². The molecule has 0 spiro atoms. The Bertz CT molecular complexity index is 604. The summed E-state index contributed by atoms with van der Waals surface area (Å²) < 4.78 is 31.8. The van der Waals surface area contributed by atoms with Crippen molar-refractivity contribution in [3.8, 4) is 0 Å². The van der Waals surface area contributed by atoms with Crippen LogP contribution < -0.4 is 0 Å². The normalized spacial score (nSPS) is 20.4. The summed E-state index contributed by atoms with van der Waals surface area (Å²) in [5.41, 5.74) is 0.969. The first-order chi connectivity index (χ1) is 9.87. The zero-order valence-electron chi connectivity index (χ0n) is 12.5. The number of carbonyl (C=O) groups excluding carboxylic acids is 1. The molecule has 1 saturated heterocycles. The summed E-state index contributed by atoms with van der Waals surface area (Å²) in [5, 5.41) is 6.63. The van der Waals surface area contributed by atoms with Crippen molar-refractivity contribution in [2.75, 3.05) is 19.7 Å². The smallest absolute Gasteiger partial charge is 0.310 e. The first-order valence-electron chi connectivity index (χ1n) is 7.06. The molecule has 0 aromatic carbocycles. The predicted octanol–water partition coefficient (Wildman–Crippen LogP) is 0.990. The van der Waals surface area contributed by atoms with Crippen LogP contribution in [0, 0.1) is 19.8 Å². The van der Waals surface area contributed by atoms with Crippen LogP contribution in [-0.2, 0) is 19.6 Å². The van der Waals surface area contributed by atoms with Gasteiger partial charge in [0, 0.05) is 13.1 Å². The first-order valence-corrected chi connectivity index (χ1v) is 8.50. The zero-order chi connectivity index (χ0) is 15.6. The fourth-order valence-electron chi connectivity index (χ4n) is 2.66. The van der Waals surface area contributed by atoms with Crippen molar-refractivity contribution >= 4 is 16.0 Å². The van der Waals surface area contributed by atoms with Gasteiger partial charge >= 0.3 is 5.97 Å². The third kappa shape index (κ3) is 3.11. The standard InChI is InChI=1S/C13H21N3O4S/c1-4-20-13(17)11-6-5-7-16(8-11)21(18,19)12-9(2)14-15-10(12)3/h11H,4-8H2,1-3H3,(H,14,15). The highest BCUT2D eigenvalue weighted by Gasteiger charge is 2.36. The van der Waals surface area contributed by atoms with Crippen molar-refractivity contribution in [3.05, 3.63) is 11.4 Å². The Labute approximate surface area is 124 Å². The summed E-state index contributed by atoms with van der Waals surface area (Å²) in [4.78, 5) is 12.0. The van der Waals surface area contributed by atoms with Gasteiger partial charge in [-0.3, -0.25) is 9.89 Å². The number of H-pyrrole nitrogens is 1. The molecule has 1 aromatic heterocycles. The maximum absolute atomic E-state index is 12.7. The summed E-state index contributed by atoms with van der Waals surface area (Å²) >= 11 is 0.